The Labute approximate surface area is 145 Å². The number of aryl methyl sites for hydroxylation is 1. The van der Waals surface area contributed by atoms with Crippen LogP contribution < -0.4 is 4.74 Å². The quantitative estimate of drug-likeness (QED) is 0.823. The van der Waals surface area contributed by atoms with E-state index in [9.17, 15) is 8.42 Å². The van der Waals surface area contributed by atoms with Gasteiger partial charge in [0.15, 0.2) is 0 Å². The standard InChI is InChI=1S/C14H18NO3S.Y/c1-10-7-11(9-15-19(4,16)17)8-12-5-6-14(2,3)18-13(10)12;/h5-8H,9H2,1-4H3;/q-1;. The molecule has 0 aliphatic carbocycles. The van der Waals surface area contributed by atoms with Gasteiger partial charge in [-0.1, -0.05) is 17.7 Å². The van der Waals surface area contributed by atoms with Crippen LogP contribution in [0, 0.1) is 6.92 Å². The van der Waals surface area contributed by atoms with Gasteiger partial charge in [0.1, 0.15) is 11.4 Å². The summed E-state index contributed by atoms with van der Waals surface area (Å²) in [6, 6.07) is 3.84. The molecule has 0 saturated heterocycles. The first-order valence-corrected chi connectivity index (χ1v) is 7.92. The Morgan fingerprint density at radius 3 is 2.55 bits per heavy atom. The number of ether oxygens (including phenoxy) is 1. The third-order valence-electron chi connectivity index (χ3n) is 2.87. The molecule has 1 aliphatic heterocycles. The summed E-state index contributed by atoms with van der Waals surface area (Å²) in [6.45, 7) is 6.12. The van der Waals surface area contributed by atoms with Crippen LogP contribution in [0.1, 0.15) is 30.5 Å². The number of sulfonamides is 1. The maximum absolute atomic E-state index is 11.1. The molecular formula is C14H18NO3SY-. The number of nitrogens with zero attached hydrogens (tertiary/aromatic N) is 1. The molecule has 0 saturated carbocycles. The zero-order valence-electron chi connectivity index (χ0n) is 12.2. The normalized spacial score (nSPS) is 16.0. The minimum absolute atomic E-state index is 0. The van der Waals surface area contributed by atoms with Crippen molar-refractivity contribution >= 4 is 16.1 Å². The third kappa shape index (κ3) is 4.66. The smallest absolute Gasteiger partial charge is 0.130 e. The molecule has 0 amide bonds. The molecule has 0 aromatic heterocycles. The van der Waals surface area contributed by atoms with Crippen LogP contribution in [0.15, 0.2) is 18.2 Å². The molecule has 20 heavy (non-hydrogen) atoms. The van der Waals surface area contributed by atoms with Crippen molar-refractivity contribution in [2.24, 2.45) is 0 Å². The first kappa shape index (κ1) is 17.8. The van der Waals surface area contributed by atoms with Gasteiger partial charge in [0.05, 0.1) is 10.0 Å². The van der Waals surface area contributed by atoms with Crippen molar-refractivity contribution < 1.29 is 45.9 Å². The first-order valence-electron chi connectivity index (χ1n) is 6.07. The van der Waals surface area contributed by atoms with Crippen molar-refractivity contribution in [1.82, 2.24) is 0 Å². The van der Waals surface area contributed by atoms with Crippen molar-refractivity contribution in [3.8, 4) is 5.75 Å². The second-order valence-electron chi connectivity index (χ2n) is 5.39. The molecule has 4 nitrogen and oxygen atoms in total. The molecule has 107 valence electrons. The summed E-state index contributed by atoms with van der Waals surface area (Å²) in [6.07, 6.45) is 5.10. The number of hydrogen-bond acceptors (Lipinski definition) is 3. The molecule has 1 aromatic rings. The van der Waals surface area contributed by atoms with Crippen molar-refractivity contribution in [3.63, 3.8) is 0 Å². The van der Waals surface area contributed by atoms with Gasteiger partial charge in [0.25, 0.3) is 0 Å². The molecular weight excluding hydrogens is 351 g/mol. The minimum Gasteiger partial charge on any atom is -0.545 e. The van der Waals surface area contributed by atoms with E-state index in [1.165, 1.54) is 0 Å². The zero-order valence-corrected chi connectivity index (χ0v) is 15.8. The SMILES string of the molecule is Cc1cc(C[N-]S(C)(=O)=O)cc2c1OC(C)(C)C=C2.[Y]. The van der Waals surface area contributed by atoms with E-state index >= 15 is 0 Å². The number of rotatable bonds is 3. The largest absolute Gasteiger partial charge is 0.545 e. The van der Waals surface area contributed by atoms with Crippen LogP contribution in [0.3, 0.4) is 0 Å². The van der Waals surface area contributed by atoms with Crippen LogP contribution in [0.25, 0.3) is 10.8 Å². The number of hydrogen-bond donors (Lipinski definition) is 0. The van der Waals surface area contributed by atoms with Gasteiger partial charge in [-0.25, -0.2) is 8.42 Å². The summed E-state index contributed by atoms with van der Waals surface area (Å²) >= 11 is 0. The van der Waals surface area contributed by atoms with E-state index in [1.807, 2.05) is 45.1 Å². The van der Waals surface area contributed by atoms with Crippen LogP contribution in [0.4, 0.5) is 0 Å². The summed E-state index contributed by atoms with van der Waals surface area (Å²) in [5.41, 5.74) is 2.53. The van der Waals surface area contributed by atoms with Gasteiger partial charge < -0.3 is 9.46 Å². The molecule has 0 bridgehead atoms. The van der Waals surface area contributed by atoms with Gasteiger partial charge in [-0.3, -0.25) is 0 Å². The molecule has 1 heterocycles. The van der Waals surface area contributed by atoms with Gasteiger partial charge in [0, 0.05) is 44.5 Å². The molecule has 0 N–H and O–H groups in total. The van der Waals surface area contributed by atoms with Crippen molar-refractivity contribution in [1.29, 1.82) is 0 Å². The first-order chi connectivity index (χ1) is 8.66. The van der Waals surface area contributed by atoms with E-state index in [-0.39, 0.29) is 44.9 Å². The molecule has 0 spiro atoms. The second kappa shape index (κ2) is 6.26. The van der Waals surface area contributed by atoms with E-state index in [0.29, 0.717) is 0 Å². The van der Waals surface area contributed by atoms with Gasteiger partial charge in [-0.05, 0) is 38.5 Å². The third-order valence-corrected chi connectivity index (χ3v) is 3.47. The van der Waals surface area contributed by atoms with E-state index in [4.69, 9.17) is 4.74 Å². The van der Waals surface area contributed by atoms with Crippen LogP contribution in [-0.2, 0) is 49.3 Å². The second-order valence-corrected chi connectivity index (χ2v) is 7.11. The van der Waals surface area contributed by atoms with Gasteiger partial charge in [0.2, 0.25) is 0 Å². The molecule has 1 aliphatic rings. The fourth-order valence-electron chi connectivity index (χ4n) is 2.01. The zero-order chi connectivity index (χ0) is 14.3. The Bertz CT molecular complexity index is 636. The molecule has 2 rings (SSSR count). The summed E-state index contributed by atoms with van der Waals surface area (Å²) < 4.78 is 31.7. The Morgan fingerprint density at radius 2 is 1.95 bits per heavy atom. The maximum Gasteiger partial charge on any atom is 0.130 e. The van der Waals surface area contributed by atoms with Crippen molar-refractivity contribution in [2.45, 2.75) is 32.9 Å². The molecule has 1 aromatic carbocycles. The van der Waals surface area contributed by atoms with Crippen LogP contribution in [-0.4, -0.2) is 20.3 Å². The molecule has 0 fully saturated rings. The predicted octanol–water partition coefficient (Wildman–Crippen LogP) is 3.01. The summed E-state index contributed by atoms with van der Waals surface area (Å²) in [7, 11) is -3.30. The Morgan fingerprint density at radius 1 is 1.30 bits per heavy atom. The molecule has 0 atom stereocenters. The van der Waals surface area contributed by atoms with Gasteiger partial charge in [-0.15, -0.1) is 6.54 Å². The van der Waals surface area contributed by atoms with Crippen molar-refractivity contribution in [2.75, 3.05) is 6.26 Å². The monoisotopic (exact) mass is 369 g/mol. The van der Waals surface area contributed by atoms with Gasteiger partial charge >= 0.3 is 0 Å². The Balaban J connectivity index is 0.00000200. The van der Waals surface area contributed by atoms with Crippen LogP contribution >= 0.6 is 0 Å². The van der Waals surface area contributed by atoms with E-state index in [1.54, 1.807) is 0 Å². The molecule has 0 unspecified atom stereocenters. The Kier molecular flexibility index (Phi) is 5.58. The summed E-state index contributed by atoms with van der Waals surface area (Å²) in [4.78, 5) is 0. The maximum atomic E-state index is 11.1. The number of fused-ring (bicyclic) bond motifs is 1. The molecule has 1 radical (unpaired) electrons. The van der Waals surface area contributed by atoms with Gasteiger partial charge in [-0.2, -0.15) is 0 Å². The number of benzene rings is 1. The fraction of sp³-hybridized carbons (Fsp3) is 0.429. The summed E-state index contributed by atoms with van der Waals surface area (Å²) in [5, 5.41) is 0. The van der Waals surface area contributed by atoms with E-state index < -0.39 is 10.0 Å². The fourth-order valence-corrected chi connectivity index (χ4v) is 2.40. The van der Waals surface area contributed by atoms with Crippen LogP contribution in [0.2, 0.25) is 0 Å². The molecule has 6 heteroatoms. The average Bonchev–Trinajstić information content (AvgIpc) is 2.26. The predicted molar refractivity (Wildman–Crippen MR) is 76.8 cm³/mol. The Hall–Kier alpha value is -0.226. The van der Waals surface area contributed by atoms with E-state index in [0.717, 1.165) is 28.7 Å². The minimum atomic E-state index is -3.30. The van der Waals surface area contributed by atoms with Crippen molar-refractivity contribution in [3.05, 3.63) is 39.6 Å². The summed E-state index contributed by atoms with van der Waals surface area (Å²) in [5.74, 6) is 0.857. The average molecular weight is 369 g/mol. The van der Waals surface area contributed by atoms with Crippen LogP contribution in [0.5, 0.6) is 5.75 Å². The van der Waals surface area contributed by atoms with E-state index in [2.05, 4.69) is 4.72 Å². The topological polar surface area (TPSA) is 57.5 Å².